The molecule has 2 amide bonds. The number of halogens is 2. The van der Waals surface area contributed by atoms with Gasteiger partial charge in [0.2, 0.25) is 11.8 Å². The average molecular weight is 392 g/mol. The summed E-state index contributed by atoms with van der Waals surface area (Å²) in [5.41, 5.74) is 7.03. The van der Waals surface area contributed by atoms with E-state index < -0.39 is 29.7 Å². The van der Waals surface area contributed by atoms with Gasteiger partial charge in [0.25, 0.3) is 0 Å². The molecule has 2 aromatic carbocycles. The van der Waals surface area contributed by atoms with Crippen LogP contribution in [0.3, 0.4) is 0 Å². The van der Waals surface area contributed by atoms with E-state index in [-0.39, 0.29) is 12.5 Å². The zero-order chi connectivity index (χ0) is 20.0. The Morgan fingerprint density at radius 3 is 2.33 bits per heavy atom. The fourth-order valence-electron chi connectivity index (χ4n) is 2.53. The topological polar surface area (TPSA) is 84.2 Å². The van der Waals surface area contributed by atoms with Gasteiger partial charge >= 0.3 is 0 Å². The Hall–Kier alpha value is -2.44. The zero-order valence-electron chi connectivity index (χ0n) is 15.2. The van der Waals surface area contributed by atoms with Gasteiger partial charge in [0.1, 0.15) is 5.82 Å². The van der Waals surface area contributed by atoms with Crippen LogP contribution < -0.4 is 16.4 Å². The number of amides is 2. The first-order valence-electron chi connectivity index (χ1n) is 8.61. The van der Waals surface area contributed by atoms with E-state index in [2.05, 4.69) is 10.6 Å². The first-order chi connectivity index (χ1) is 12.8. The van der Waals surface area contributed by atoms with Crippen LogP contribution in [0.2, 0.25) is 5.02 Å². The molecule has 0 aliphatic rings. The van der Waals surface area contributed by atoms with Crippen LogP contribution in [0, 0.1) is 11.7 Å². The minimum absolute atomic E-state index is 0.0421. The minimum Gasteiger partial charge on any atom is -0.346 e. The summed E-state index contributed by atoms with van der Waals surface area (Å²) in [5, 5.41) is 5.83. The third kappa shape index (κ3) is 6.05. The number of hydrogen-bond donors (Lipinski definition) is 3. The van der Waals surface area contributed by atoms with E-state index >= 15 is 0 Å². The second-order valence-corrected chi connectivity index (χ2v) is 7.03. The summed E-state index contributed by atoms with van der Waals surface area (Å²) in [6, 6.07) is 11.6. The standard InChI is InChI=1S/C20H23ClFN3O2/c1-12(2)18(23)20(27)24-11-17(26)25-19(13-5-3-7-15(21)9-13)14-6-4-8-16(22)10-14/h3-10,12,18-19H,11,23H2,1-2H3,(H,24,27)(H,25,26)/t18-,19?/m0/s1. The van der Waals surface area contributed by atoms with Gasteiger partial charge in [-0.15, -0.1) is 0 Å². The van der Waals surface area contributed by atoms with E-state index in [0.717, 1.165) is 0 Å². The highest BCUT2D eigenvalue weighted by molar-refractivity contribution is 6.30. The molecule has 0 aliphatic carbocycles. The lowest BCUT2D eigenvalue weighted by atomic mass is 9.98. The molecular weight excluding hydrogens is 369 g/mol. The van der Waals surface area contributed by atoms with E-state index in [1.165, 1.54) is 12.1 Å². The van der Waals surface area contributed by atoms with Gasteiger partial charge in [0.05, 0.1) is 18.6 Å². The normalized spacial score (nSPS) is 13.1. The molecule has 0 aromatic heterocycles. The van der Waals surface area contributed by atoms with Crippen molar-refractivity contribution in [1.29, 1.82) is 0 Å². The number of carbonyl (C=O) groups is 2. The number of rotatable bonds is 7. The fourth-order valence-corrected chi connectivity index (χ4v) is 2.73. The molecule has 2 aromatic rings. The molecule has 27 heavy (non-hydrogen) atoms. The van der Waals surface area contributed by atoms with Crippen LogP contribution in [-0.4, -0.2) is 24.4 Å². The molecule has 5 nitrogen and oxygen atoms in total. The lowest BCUT2D eigenvalue weighted by molar-refractivity contribution is -0.127. The van der Waals surface area contributed by atoms with Crippen molar-refractivity contribution in [2.75, 3.05) is 6.54 Å². The van der Waals surface area contributed by atoms with Crippen LogP contribution in [0.1, 0.15) is 31.0 Å². The molecule has 0 spiro atoms. The van der Waals surface area contributed by atoms with E-state index in [9.17, 15) is 14.0 Å². The Kier molecular flexibility index (Phi) is 7.33. The Labute approximate surface area is 163 Å². The molecule has 1 unspecified atom stereocenters. The van der Waals surface area contributed by atoms with Crippen LogP contribution in [0.5, 0.6) is 0 Å². The van der Waals surface area contributed by atoms with Crippen molar-refractivity contribution in [1.82, 2.24) is 10.6 Å². The predicted octanol–water partition coefficient (Wildman–Crippen LogP) is 2.78. The van der Waals surface area contributed by atoms with Crippen LogP contribution in [0.15, 0.2) is 48.5 Å². The Morgan fingerprint density at radius 2 is 1.74 bits per heavy atom. The van der Waals surface area contributed by atoms with E-state index in [1.54, 1.807) is 36.4 Å². The SMILES string of the molecule is CC(C)[C@H](N)C(=O)NCC(=O)NC(c1cccc(F)c1)c1cccc(Cl)c1. The number of nitrogens with one attached hydrogen (secondary N) is 2. The summed E-state index contributed by atoms with van der Waals surface area (Å²) < 4.78 is 13.7. The van der Waals surface area contributed by atoms with Gasteiger partial charge in [-0.05, 0) is 41.3 Å². The first kappa shape index (κ1) is 20.9. The molecule has 0 fully saturated rings. The Balaban J connectivity index is 2.15. The van der Waals surface area contributed by atoms with Gasteiger partial charge in [-0.3, -0.25) is 9.59 Å². The molecule has 4 N–H and O–H groups in total. The van der Waals surface area contributed by atoms with Crippen LogP contribution in [-0.2, 0) is 9.59 Å². The lowest BCUT2D eigenvalue weighted by Crippen LogP contribution is -2.47. The van der Waals surface area contributed by atoms with Gasteiger partial charge in [0.15, 0.2) is 0 Å². The predicted molar refractivity (Wildman–Crippen MR) is 104 cm³/mol. The molecule has 2 atom stereocenters. The minimum atomic E-state index is -0.690. The van der Waals surface area contributed by atoms with Crippen molar-refractivity contribution in [2.24, 2.45) is 11.7 Å². The lowest BCUT2D eigenvalue weighted by Gasteiger charge is -2.21. The third-order valence-electron chi connectivity index (χ3n) is 4.11. The second kappa shape index (κ2) is 9.48. The Morgan fingerprint density at radius 1 is 1.11 bits per heavy atom. The first-order valence-corrected chi connectivity index (χ1v) is 8.99. The maximum atomic E-state index is 13.7. The Bertz CT molecular complexity index is 768. The largest absolute Gasteiger partial charge is 0.346 e. The van der Waals surface area contributed by atoms with Gasteiger partial charge in [-0.1, -0.05) is 49.7 Å². The number of carbonyl (C=O) groups excluding carboxylic acids is 2. The molecule has 7 heteroatoms. The fraction of sp³-hybridized carbons (Fsp3) is 0.300. The molecule has 144 valence electrons. The van der Waals surface area contributed by atoms with E-state index in [4.69, 9.17) is 17.3 Å². The monoisotopic (exact) mass is 391 g/mol. The molecule has 0 radical (unpaired) electrons. The van der Waals surface area contributed by atoms with Gasteiger partial charge < -0.3 is 16.4 Å². The molecular formula is C20H23ClFN3O2. The smallest absolute Gasteiger partial charge is 0.240 e. The number of nitrogens with two attached hydrogens (primary N) is 1. The molecule has 0 aliphatic heterocycles. The summed E-state index contributed by atoms with van der Waals surface area (Å²) in [7, 11) is 0. The van der Waals surface area contributed by atoms with Crippen LogP contribution >= 0.6 is 11.6 Å². The summed E-state index contributed by atoms with van der Waals surface area (Å²) in [5.74, 6) is -1.27. The summed E-state index contributed by atoms with van der Waals surface area (Å²) in [4.78, 5) is 24.3. The maximum absolute atomic E-state index is 13.7. The van der Waals surface area contributed by atoms with Crippen molar-refractivity contribution < 1.29 is 14.0 Å². The third-order valence-corrected chi connectivity index (χ3v) is 4.35. The van der Waals surface area contributed by atoms with Gasteiger partial charge in [-0.2, -0.15) is 0 Å². The molecule has 0 heterocycles. The van der Waals surface area contributed by atoms with Crippen molar-refractivity contribution in [3.63, 3.8) is 0 Å². The summed E-state index contributed by atoms with van der Waals surface area (Å²) in [6.07, 6.45) is 0. The molecule has 0 saturated heterocycles. The highest BCUT2D eigenvalue weighted by atomic mass is 35.5. The van der Waals surface area contributed by atoms with Crippen molar-refractivity contribution in [3.05, 3.63) is 70.5 Å². The van der Waals surface area contributed by atoms with Crippen molar-refractivity contribution >= 4 is 23.4 Å². The molecule has 0 saturated carbocycles. The molecule has 0 bridgehead atoms. The number of benzene rings is 2. The average Bonchev–Trinajstić information content (AvgIpc) is 2.63. The van der Waals surface area contributed by atoms with Crippen molar-refractivity contribution in [2.45, 2.75) is 25.9 Å². The van der Waals surface area contributed by atoms with Gasteiger partial charge in [0, 0.05) is 5.02 Å². The highest BCUT2D eigenvalue weighted by Gasteiger charge is 2.20. The van der Waals surface area contributed by atoms with Crippen LogP contribution in [0.4, 0.5) is 4.39 Å². The van der Waals surface area contributed by atoms with Crippen LogP contribution in [0.25, 0.3) is 0 Å². The molecule has 2 rings (SSSR count). The van der Waals surface area contributed by atoms with Crippen molar-refractivity contribution in [3.8, 4) is 0 Å². The zero-order valence-corrected chi connectivity index (χ0v) is 16.0. The summed E-state index contributed by atoms with van der Waals surface area (Å²) in [6.45, 7) is 3.42. The van der Waals surface area contributed by atoms with E-state index in [1.807, 2.05) is 13.8 Å². The van der Waals surface area contributed by atoms with E-state index in [0.29, 0.717) is 16.1 Å². The second-order valence-electron chi connectivity index (χ2n) is 6.60. The quantitative estimate of drug-likeness (QED) is 0.678. The number of hydrogen-bond acceptors (Lipinski definition) is 3. The maximum Gasteiger partial charge on any atom is 0.240 e. The summed E-state index contributed by atoms with van der Waals surface area (Å²) >= 11 is 6.05. The van der Waals surface area contributed by atoms with Gasteiger partial charge in [-0.25, -0.2) is 4.39 Å². The highest BCUT2D eigenvalue weighted by Crippen LogP contribution is 2.25.